The summed E-state index contributed by atoms with van der Waals surface area (Å²) in [5.41, 5.74) is 9.49. The van der Waals surface area contributed by atoms with Gasteiger partial charge in [-0.1, -0.05) is 237 Å². The molecule has 0 aliphatic carbocycles. The van der Waals surface area contributed by atoms with Gasteiger partial charge in [-0.3, -0.25) is 18.3 Å². The molecule has 4 atom stereocenters. The summed E-state index contributed by atoms with van der Waals surface area (Å²) in [4.78, 5) is 29.5. The van der Waals surface area contributed by atoms with Gasteiger partial charge in [-0.15, -0.1) is 9.05 Å². The first kappa shape index (κ1) is 55.6. The third-order valence-corrected chi connectivity index (χ3v) is 16.0. The second kappa shape index (κ2) is 28.5. The normalized spacial score (nSPS) is 13.3. The van der Waals surface area contributed by atoms with Crippen LogP contribution in [0.1, 0.15) is 143 Å². The molecule has 0 saturated heterocycles. The van der Waals surface area contributed by atoms with Crippen LogP contribution >= 0.6 is 8.25 Å². The fourth-order valence-corrected chi connectivity index (χ4v) is 12.0. The quantitative estimate of drug-likeness (QED) is 0.0331. The van der Waals surface area contributed by atoms with Gasteiger partial charge in [0.15, 0.2) is 0 Å². The van der Waals surface area contributed by atoms with Gasteiger partial charge in [-0.05, 0) is 75.6 Å². The first-order valence-corrected chi connectivity index (χ1v) is 29.3. The monoisotopic (exact) mass is 1040 g/mol. The molecule has 0 bridgehead atoms. The van der Waals surface area contributed by atoms with Crippen molar-refractivity contribution in [2.24, 2.45) is 0 Å². The van der Waals surface area contributed by atoms with Gasteiger partial charge < -0.3 is 0 Å². The highest BCUT2D eigenvalue weighted by molar-refractivity contribution is 7.33. The number of unbranched alkanes of at least 4 members (excludes halogenated alkanes) is 6. The molecule has 0 amide bonds. The Morgan fingerprint density at radius 1 is 0.355 bits per heavy atom. The second-order valence-electron chi connectivity index (χ2n) is 20.1. The van der Waals surface area contributed by atoms with Crippen LogP contribution < -0.4 is 11.4 Å². The van der Waals surface area contributed by atoms with E-state index in [0.717, 1.165) is 159 Å². The summed E-state index contributed by atoms with van der Waals surface area (Å²) in [5.74, 6) is 0. The Morgan fingerprint density at radius 3 is 0.921 bits per heavy atom. The van der Waals surface area contributed by atoms with Gasteiger partial charge in [0.05, 0.1) is 34.2 Å². The Labute approximate surface area is 452 Å². The van der Waals surface area contributed by atoms with Gasteiger partial charge in [0.1, 0.15) is 12.2 Å². The molecule has 0 aliphatic rings. The van der Waals surface area contributed by atoms with E-state index in [1.807, 2.05) is 143 Å². The number of nitrogens with zero attached hydrogens (tertiary/aromatic N) is 4. The maximum absolute atomic E-state index is 14.7. The van der Waals surface area contributed by atoms with E-state index in [4.69, 9.17) is 9.05 Å². The molecule has 9 nitrogen and oxygen atoms in total. The van der Waals surface area contributed by atoms with Crippen LogP contribution in [0.15, 0.2) is 192 Å². The molecule has 0 fully saturated rings. The molecule has 8 aromatic rings. The molecule has 0 spiro atoms. The van der Waals surface area contributed by atoms with Crippen LogP contribution in [0.4, 0.5) is 0 Å². The average Bonchev–Trinajstić information content (AvgIpc) is 4.03. The van der Waals surface area contributed by atoms with Crippen molar-refractivity contribution < 1.29 is 13.6 Å². The summed E-state index contributed by atoms with van der Waals surface area (Å²) in [5, 5.41) is 0. The number of rotatable bonds is 30. The summed E-state index contributed by atoms with van der Waals surface area (Å²) < 4.78 is 33.4. The van der Waals surface area contributed by atoms with Crippen molar-refractivity contribution >= 4 is 8.25 Å². The highest BCUT2D eigenvalue weighted by Gasteiger charge is 2.32. The van der Waals surface area contributed by atoms with Crippen molar-refractivity contribution in [1.82, 2.24) is 18.3 Å². The summed E-state index contributed by atoms with van der Waals surface area (Å²) in [6.07, 6.45) is 14.5. The van der Waals surface area contributed by atoms with Gasteiger partial charge in [0.2, 0.25) is 0 Å². The van der Waals surface area contributed by atoms with Gasteiger partial charge in [-0.2, -0.15) is 0 Å². The zero-order valence-corrected chi connectivity index (χ0v) is 46.1. The number of para-hydroxylation sites is 2. The molecule has 2 aromatic heterocycles. The van der Waals surface area contributed by atoms with E-state index >= 15 is 0 Å². The molecular formula is C66H78N4O5P+. The summed E-state index contributed by atoms with van der Waals surface area (Å²) >= 11 is 0. The van der Waals surface area contributed by atoms with Crippen molar-refractivity contribution in [3.63, 3.8) is 0 Å². The van der Waals surface area contributed by atoms with Crippen molar-refractivity contribution in [2.75, 3.05) is 0 Å². The summed E-state index contributed by atoms with van der Waals surface area (Å²) in [6, 6.07) is 61.3. The van der Waals surface area contributed by atoms with E-state index < -0.39 is 8.25 Å². The first-order chi connectivity index (χ1) is 37.4. The van der Waals surface area contributed by atoms with E-state index in [-0.39, 0.29) is 35.7 Å². The third kappa shape index (κ3) is 13.7. The van der Waals surface area contributed by atoms with Crippen molar-refractivity contribution in [1.29, 1.82) is 0 Å². The highest BCUT2D eigenvalue weighted by Crippen LogP contribution is 2.39. The average molecular weight is 1040 g/mol. The number of aromatic nitrogens is 4. The Morgan fingerprint density at radius 2 is 0.632 bits per heavy atom. The third-order valence-electron chi connectivity index (χ3n) is 15.1. The fourth-order valence-electron chi connectivity index (χ4n) is 11.0. The van der Waals surface area contributed by atoms with Gasteiger partial charge in [-0.25, -0.2) is 9.59 Å². The molecule has 6 aromatic carbocycles. The van der Waals surface area contributed by atoms with Crippen LogP contribution in [0.5, 0.6) is 0 Å². The lowest BCUT2D eigenvalue weighted by Crippen LogP contribution is -2.27. The second-order valence-corrected chi connectivity index (χ2v) is 21.0. The van der Waals surface area contributed by atoms with E-state index in [2.05, 4.69) is 85.4 Å². The standard InChI is InChI=1S/C66H78N4O5P/c1-5-55(67-61(51-35-19-13-20-36-51)63(53-39-23-15-24-40-53)69(65(67)71)57-45-29-17-30-46-57)43-27-9-11-33-49-59(7-3)74-76(73)75-60(8-4)50-34-12-10-28-44-56(6-2)68-62(52-37-21-14-22-38-52)64(54-41-25-16-26-42-54)70(66(68)72)58-47-31-18-32-48-58/h13-26,29-32,35-42,45-48,55-56,59-60H,5-12,27-28,33-34,43-44,49-50H2,1-4H3/q+1. The molecule has 396 valence electrons. The molecule has 4 unspecified atom stereocenters. The zero-order valence-electron chi connectivity index (χ0n) is 45.2. The number of imidazole rings is 2. The molecular weight excluding hydrogens is 960 g/mol. The van der Waals surface area contributed by atoms with Gasteiger partial charge >= 0.3 is 19.6 Å². The Bertz CT molecular complexity index is 2910. The van der Waals surface area contributed by atoms with Crippen LogP contribution in [0.2, 0.25) is 0 Å². The Kier molecular flexibility index (Phi) is 20.8. The van der Waals surface area contributed by atoms with Gasteiger partial charge in [0.25, 0.3) is 0 Å². The molecule has 0 radical (unpaired) electrons. The lowest BCUT2D eigenvalue weighted by atomic mass is 10.0. The molecule has 76 heavy (non-hydrogen) atoms. The number of hydrogen-bond donors (Lipinski definition) is 0. The topological polar surface area (TPSA) is 89.4 Å². The predicted molar refractivity (Wildman–Crippen MR) is 314 cm³/mol. The lowest BCUT2D eigenvalue weighted by molar-refractivity contribution is 0.113. The van der Waals surface area contributed by atoms with E-state index in [1.54, 1.807) is 0 Å². The van der Waals surface area contributed by atoms with Crippen molar-refractivity contribution in [3.8, 4) is 56.4 Å². The molecule has 10 heteroatoms. The van der Waals surface area contributed by atoms with Crippen LogP contribution in [-0.4, -0.2) is 30.5 Å². The van der Waals surface area contributed by atoms with Crippen molar-refractivity contribution in [2.45, 2.75) is 155 Å². The zero-order chi connectivity index (χ0) is 53.1. The van der Waals surface area contributed by atoms with Crippen LogP contribution in [0.25, 0.3) is 56.4 Å². The summed E-state index contributed by atoms with van der Waals surface area (Å²) in [7, 11) is -2.24. The smallest absolute Gasteiger partial charge is 0.288 e. The summed E-state index contributed by atoms with van der Waals surface area (Å²) in [6.45, 7) is 8.56. The molecule has 0 N–H and O–H groups in total. The maximum atomic E-state index is 14.7. The largest absolute Gasteiger partial charge is 0.697 e. The molecule has 8 rings (SSSR count). The minimum absolute atomic E-state index is 0.0148. The van der Waals surface area contributed by atoms with Crippen LogP contribution in [0, 0.1) is 0 Å². The van der Waals surface area contributed by atoms with Crippen LogP contribution in [-0.2, 0) is 13.6 Å². The van der Waals surface area contributed by atoms with Gasteiger partial charge in [0, 0.05) is 38.9 Å². The van der Waals surface area contributed by atoms with E-state index in [9.17, 15) is 14.2 Å². The maximum Gasteiger partial charge on any atom is 0.697 e. The molecule has 2 heterocycles. The minimum Gasteiger partial charge on any atom is -0.288 e. The number of benzene rings is 6. The van der Waals surface area contributed by atoms with Crippen LogP contribution in [0.3, 0.4) is 0 Å². The SMILES string of the molecule is CCC(CCCCCCC(CC)n1c(-c2ccccc2)c(-c2ccccc2)n(-c2ccccc2)c1=O)O[P+](=O)OC(CC)CCCCCCC(CC)n1c(-c2ccccc2)c(-c2ccccc2)n(-c2ccccc2)c1=O. The predicted octanol–water partition coefficient (Wildman–Crippen LogP) is 17.8. The molecule has 0 aliphatic heterocycles. The highest BCUT2D eigenvalue weighted by atomic mass is 31.1. The lowest BCUT2D eigenvalue weighted by Gasteiger charge is -2.20. The Hall–Kier alpha value is -6.64. The molecule has 0 saturated carbocycles. The minimum atomic E-state index is -2.24. The fraction of sp³-hybridized carbons (Fsp3) is 0.364. The van der Waals surface area contributed by atoms with Crippen molar-refractivity contribution in [3.05, 3.63) is 203 Å². The van der Waals surface area contributed by atoms with E-state index in [1.165, 1.54) is 0 Å². The first-order valence-electron chi connectivity index (χ1n) is 28.2. The Balaban J connectivity index is 0.811. The van der Waals surface area contributed by atoms with E-state index in [0.29, 0.717) is 0 Å². The number of hydrogen-bond acceptors (Lipinski definition) is 5.